The lowest BCUT2D eigenvalue weighted by molar-refractivity contribution is 0.0434. The number of fused-ring (bicyclic) bond motifs is 1. The van der Waals surface area contributed by atoms with E-state index in [1.165, 1.54) is 6.07 Å². The fourth-order valence-electron chi connectivity index (χ4n) is 2.48. The van der Waals surface area contributed by atoms with Crippen LogP contribution in [0.25, 0.3) is 11.0 Å². The van der Waals surface area contributed by atoms with E-state index in [9.17, 15) is 9.18 Å². The number of furan rings is 1. The Balaban J connectivity index is 1.82. The van der Waals surface area contributed by atoms with E-state index in [4.69, 9.17) is 13.9 Å². The fourth-order valence-corrected chi connectivity index (χ4v) is 2.48. The highest BCUT2D eigenvalue weighted by atomic mass is 19.1. The molecule has 0 unspecified atom stereocenters. The lowest BCUT2D eigenvalue weighted by atomic mass is 10.1. The van der Waals surface area contributed by atoms with Crippen LogP contribution in [-0.2, 0) is 11.3 Å². The summed E-state index contributed by atoms with van der Waals surface area (Å²) in [4.78, 5) is 12.3. The molecule has 0 aliphatic carbocycles. The molecule has 0 N–H and O–H groups in total. The topological polar surface area (TPSA) is 48.7 Å². The molecular formula is C19H17FO4. The second-order valence-corrected chi connectivity index (χ2v) is 5.31. The summed E-state index contributed by atoms with van der Waals surface area (Å²) in [7, 11) is 0. The predicted octanol–water partition coefficient (Wildman–Crippen LogP) is 4.64. The molecule has 1 aromatic heterocycles. The third-order valence-electron chi connectivity index (χ3n) is 3.72. The van der Waals surface area contributed by atoms with E-state index in [-0.39, 0.29) is 12.4 Å². The van der Waals surface area contributed by atoms with Crippen molar-refractivity contribution in [2.75, 3.05) is 6.61 Å². The Morgan fingerprint density at radius 1 is 1.21 bits per heavy atom. The molecule has 4 nitrogen and oxygen atoms in total. The molecule has 0 amide bonds. The number of hydrogen-bond donors (Lipinski definition) is 0. The van der Waals surface area contributed by atoms with Crippen LogP contribution in [0.15, 0.2) is 46.9 Å². The Kier molecular flexibility index (Phi) is 4.51. The molecule has 5 heteroatoms. The molecule has 2 aromatic carbocycles. The lowest BCUT2D eigenvalue weighted by Gasteiger charge is -2.04. The SMILES string of the molecule is CCOc1ccc2oc(C(=O)OCc3ccccc3F)c(C)c2c1. The summed E-state index contributed by atoms with van der Waals surface area (Å²) in [5.41, 5.74) is 1.57. The second kappa shape index (κ2) is 6.74. The molecule has 24 heavy (non-hydrogen) atoms. The zero-order valence-corrected chi connectivity index (χ0v) is 13.5. The predicted molar refractivity (Wildman–Crippen MR) is 87.6 cm³/mol. The summed E-state index contributed by atoms with van der Waals surface area (Å²) in [5.74, 6) is -0.201. The van der Waals surface area contributed by atoms with Crippen molar-refractivity contribution >= 4 is 16.9 Å². The van der Waals surface area contributed by atoms with Crippen molar-refractivity contribution in [3.05, 3.63) is 65.2 Å². The molecule has 0 saturated heterocycles. The number of carbonyl (C=O) groups is 1. The minimum absolute atomic E-state index is 0.120. The fraction of sp³-hybridized carbons (Fsp3) is 0.211. The molecule has 1 heterocycles. The van der Waals surface area contributed by atoms with Crippen molar-refractivity contribution in [2.24, 2.45) is 0 Å². The largest absolute Gasteiger partial charge is 0.494 e. The van der Waals surface area contributed by atoms with Crippen LogP contribution >= 0.6 is 0 Å². The number of esters is 1. The number of halogens is 1. The Hall–Kier alpha value is -2.82. The Morgan fingerprint density at radius 2 is 2.00 bits per heavy atom. The second-order valence-electron chi connectivity index (χ2n) is 5.31. The van der Waals surface area contributed by atoms with Gasteiger partial charge in [0, 0.05) is 16.5 Å². The molecule has 0 fully saturated rings. The van der Waals surface area contributed by atoms with Gasteiger partial charge in [0.25, 0.3) is 0 Å². The van der Waals surface area contributed by atoms with Gasteiger partial charge in [-0.1, -0.05) is 18.2 Å². The van der Waals surface area contributed by atoms with Crippen LogP contribution in [0, 0.1) is 12.7 Å². The molecule has 124 valence electrons. The van der Waals surface area contributed by atoms with Crippen LogP contribution in [-0.4, -0.2) is 12.6 Å². The van der Waals surface area contributed by atoms with E-state index in [1.807, 2.05) is 13.0 Å². The minimum Gasteiger partial charge on any atom is -0.494 e. The first-order valence-corrected chi connectivity index (χ1v) is 7.66. The number of rotatable bonds is 5. The average Bonchev–Trinajstić information content (AvgIpc) is 2.91. The highest BCUT2D eigenvalue weighted by molar-refractivity contribution is 5.96. The Morgan fingerprint density at radius 3 is 2.75 bits per heavy atom. The van der Waals surface area contributed by atoms with E-state index < -0.39 is 11.8 Å². The molecule has 0 aliphatic heterocycles. The third-order valence-corrected chi connectivity index (χ3v) is 3.72. The molecule has 0 radical (unpaired) electrons. The van der Waals surface area contributed by atoms with Gasteiger partial charge in [-0.2, -0.15) is 0 Å². The van der Waals surface area contributed by atoms with Crippen LogP contribution in [0.2, 0.25) is 0 Å². The number of aryl methyl sites for hydroxylation is 1. The molecule has 0 bridgehead atoms. The lowest BCUT2D eigenvalue weighted by Crippen LogP contribution is -2.06. The summed E-state index contributed by atoms with van der Waals surface area (Å²) in [6, 6.07) is 11.5. The van der Waals surface area contributed by atoms with Crippen molar-refractivity contribution < 1.29 is 23.1 Å². The Labute approximate surface area is 138 Å². The quantitative estimate of drug-likeness (QED) is 0.640. The zero-order valence-electron chi connectivity index (χ0n) is 13.5. The third kappa shape index (κ3) is 3.11. The summed E-state index contributed by atoms with van der Waals surface area (Å²) in [6.07, 6.45) is 0. The first kappa shape index (κ1) is 16.1. The van der Waals surface area contributed by atoms with Gasteiger partial charge in [0.05, 0.1) is 6.61 Å². The highest BCUT2D eigenvalue weighted by Gasteiger charge is 2.20. The molecule has 0 atom stereocenters. The summed E-state index contributed by atoms with van der Waals surface area (Å²) >= 11 is 0. The van der Waals surface area contributed by atoms with Gasteiger partial charge in [-0.05, 0) is 38.1 Å². The molecule has 0 aliphatic rings. The van der Waals surface area contributed by atoms with Crippen molar-refractivity contribution in [2.45, 2.75) is 20.5 Å². The standard InChI is InChI=1S/C19H17FO4/c1-3-22-14-8-9-17-15(10-14)12(2)18(24-17)19(21)23-11-13-6-4-5-7-16(13)20/h4-10H,3,11H2,1-2H3. The van der Waals surface area contributed by atoms with Gasteiger partial charge >= 0.3 is 5.97 Å². The maximum Gasteiger partial charge on any atom is 0.374 e. The van der Waals surface area contributed by atoms with E-state index in [0.29, 0.717) is 29.1 Å². The van der Waals surface area contributed by atoms with Crippen molar-refractivity contribution in [1.82, 2.24) is 0 Å². The zero-order chi connectivity index (χ0) is 17.1. The van der Waals surface area contributed by atoms with Gasteiger partial charge in [-0.3, -0.25) is 0 Å². The number of hydrogen-bond acceptors (Lipinski definition) is 4. The average molecular weight is 328 g/mol. The normalized spacial score (nSPS) is 10.8. The maximum absolute atomic E-state index is 13.6. The molecule has 0 saturated carbocycles. The van der Waals surface area contributed by atoms with Gasteiger partial charge in [0.1, 0.15) is 23.8 Å². The first-order chi connectivity index (χ1) is 11.6. The van der Waals surface area contributed by atoms with Crippen LogP contribution in [0.4, 0.5) is 4.39 Å². The van der Waals surface area contributed by atoms with Crippen LogP contribution < -0.4 is 4.74 Å². The van der Waals surface area contributed by atoms with E-state index >= 15 is 0 Å². The first-order valence-electron chi connectivity index (χ1n) is 7.66. The number of ether oxygens (including phenoxy) is 2. The summed E-state index contributed by atoms with van der Waals surface area (Å²) in [6.45, 7) is 4.09. The van der Waals surface area contributed by atoms with Crippen molar-refractivity contribution in [3.8, 4) is 5.75 Å². The van der Waals surface area contributed by atoms with Gasteiger partial charge in [-0.15, -0.1) is 0 Å². The summed E-state index contributed by atoms with van der Waals surface area (Å²) < 4.78 is 29.8. The number of carbonyl (C=O) groups excluding carboxylic acids is 1. The Bertz CT molecular complexity index is 882. The molecular weight excluding hydrogens is 311 g/mol. The monoisotopic (exact) mass is 328 g/mol. The number of benzene rings is 2. The molecule has 3 rings (SSSR count). The highest BCUT2D eigenvalue weighted by Crippen LogP contribution is 2.29. The van der Waals surface area contributed by atoms with Crippen molar-refractivity contribution in [1.29, 1.82) is 0 Å². The van der Waals surface area contributed by atoms with E-state index in [0.717, 1.165) is 5.39 Å². The van der Waals surface area contributed by atoms with Gasteiger partial charge < -0.3 is 13.9 Å². The molecule has 3 aromatic rings. The minimum atomic E-state index is -0.620. The van der Waals surface area contributed by atoms with Crippen LogP contribution in [0.5, 0.6) is 5.75 Å². The van der Waals surface area contributed by atoms with Gasteiger partial charge in [0.15, 0.2) is 0 Å². The summed E-state index contributed by atoms with van der Waals surface area (Å²) in [5, 5.41) is 0.791. The maximum atomic E-state index is 13.6. The van der Waals surface area contributed by atoms with E-state index in [1.54, 1.807) is 37.3 Å². The van der Waals surface area contributed by atoms with Crippen LogP contribution in [0.3, 0.4) is 0 Å². The van der Waals surface area contributed by atoms with Crippen molar-refractivity contribution in [3.63, 3.8) is 0 Å². The van der Waals surface area contributed by atoms with E-state index in [2.05, 4.69) is 0 Å². The smallest absolute Gasteiger partial charge is 0.374 e. The molecule has 0 spiro atoms. The van der Waals surface area contributed by atoms with Gasteiger partial charge in [-0.25, -0.2) is 9.18 Å². The van der Waals surface area contributed by atoms with Gasteiger partial charge in [0.2, 0.25) is 5.76 Å². The van der Waals surface area contributed by atoms with Crippen LogP contribution in [0.1, 0.15) is 28.6 Å².